The first-order valence-corrected chi connectivity index (χ1v) is 30.3. The highest BCUT2D eigenvalue weighted by Gasteiger charge is 2.26. The van der Waals surface area contributed by atoms with Gasteiger partial charge < -0.3 is 9.13 Å². The molecule has 0 saturated carbocycles. The normalized spacial score (nSPS) is 12.6. The lowest BCUT2D eigenvalue weighted by molar-refractivity contribution is 0.590. The number of hydrogen-bond acceptors (Lipinski definition) is 3. The second kappa shape index (κ2) is 21.3. The minimum Gasteiger partial charge on any atom is -0.340 e. The molecule has 422 valence electrons. The number of hydrogen-bond donors (Lipinski definition) is 0. The van der Waals surface area contributed by atoms with Crippen LogP contribution in [0.1, 0.15) is 128 Å². The SMILES string of the molecule is Cc1ccccc1-c1cccc(-c2nc(-c3ccccc3)nc(-c3cccc(-c4ccccc4C)c3CCn3c4ccc(C(C)(C)C)cc4c4cc(C(C)(C)C)ccc43)n2)c1CCn1c2ccc(C(C)(C)C)cc2c2cc(C(C)(C)C)ccc21. The van der Waals surface area contributed by atoms with E-state index in [4.69, 9.17) is 15.0 Å². The number of aryl methyl sites for hydroxylation is 4. The molecule has 0 fully saturated rings. The van der Waals surface area contributed by atoms with Crippen LogP contribution in [0.2, 0.25) is 0 Å². The summed E-state index contributed by atoms with van der Waals surface area (Å²) in [7, 11) is 0. The molecule has 3 aromatic heterocycles. The van der Waals surface area contributed by atoms with Crippen molar-refractivity contribution in [2.45, 2.75) is 145 Å². The highest BCUT2D eigenvalue weighted by molar-refractivity contribution is 6.10. The molecule has 12 rings (SSSR count). The summed E-state index contributed by atoms with van der Waals surface area (Å²) < 4.78 is 5.12. The van der Waals surface area contributed by atoms with E-state index in [1.54, 1.807) is 0 Å². The van der Waals surface area contributed by atoms with Crippen molar-refractivity contribution in [1.82, 2.24) is 24.1 Å². The second-order valence-electron chi connectivity index (χ2n) is 27.7. The molecule has 9 aromatic carbocycles. The molecule has 0 bridgehead atoms. The van der Waals surface area contributed by atoms with Crippen LogP contribution in [-0.4, -0.2) is 24.1 Å². The van der Waals surface area contributed by atoms with E-state index < -0.39 is 0 Å². The molecule has 12 aromatic rings. The fourth-order valence-electron chi connectivity index (χ4n) is 12.7. The van der Waals surface area contributed by atoms with Crippen molar-refractivity contribution < 1.29 is 0 Å². The van der Waals surface area contributed by atoms with Crippen LogP contribution in [0.25, 0.3) is 100 Å². The van der Waals surface area contributed by atoms with E-state index in [0.717, 1.165) is 42.6 Å². The molecule has 0 amide bonds. The lowest BCUT2D eigenvalue weighted by Gasteiger charge is -2.20. The van der Waals surface area contributed by atoms with E-state index >= 15 is 0 Å². The Morgan fingerprint density at radius 3 is 0.929 bits per heavy atom. The van der Waals surface area contributed by atoms with E-state index in [0.29, 0.717) is 17.5 Å². The number of benzene rings is 9. The monoisotopic (exact) mass is 1100 g/mol. The first-order valence-electron chi connectivity index (χ1n) is 30.3. The van der Waals surface area contributed by atoms with Gasteiger partial charge in [0, 0.05) is 73.4 Å². The van der Waals surface area contributed by atoms with Crippen LogP contribution in [-0.2, 0) is 47.6 Å². The number of nitrogens with zero attached hydrogens (tertiary/aromatic N) is 5. The fourth-order valence-corrected chi connectivity index (χ4v) is 12.7. The molecular weight excluding hydrogens is 1020 g/mol. The molecule has 0 radical (unpaired) electrons. The van der Waals surface area contributed by atoms with Crippen molar-refractivity contribution in [2.24, 2.45) is 0 Å². The Morgan fingerprint density at radius 1 is 0.298 bits per heavy atom. The van der Waals surface area contributed by atoms with Crippen LogP contribution in [0.5, 0.6) is 0 Å². The number of fused-ring (bicyclic) bond motifs is 6. The van der Waals surface area contributed by atoms with Gasteiger partial charge in [-0.05, 0) is 164 Å². The zero-order valence-corrected chi connectivity index (χ0v) is 52.0. The van der Waals surface area contributed by atoms with Gasteiger partial charge in [-0.1, -0.05) is 223 Å². The van der Waals surface area contributed by atoms with Crippen molar-refractivity contribution in [3.8, 4) is 56.4 Å². The molecule has 0 atom stereocenters. The summed E-state index contributed by atoms with van der Waals surface area (Å²) in [6.45, 7) is 33.7. The second-order valence-corrected chi connectivity index (χ2v) is 27.7. The average molecular weight is 1100 g/mol. The van der Waals surface area contributed by atoms with Crippen molar-refractivity contribution in [3.05, 3.63) is 233 Å². The van der Waals surface area contributed by atoms with Gasteiger partial charge in [0.15, 0.2) is 17.5 Å². The molecule has 0 saturated heterocycles. The van der Waals surface area contributed by atoms with Crippen LogP contribution >= 0.6 is 0 Å². The van der Waals surface area contributed by atoms with Crippen molar-refractivity contribution in [2.75, 3.05) is 0 Å². The number of aromatic nitrogens is 5. The van der Waals surface area contributed by atoms with Crippen molar-refractivity contribution in [3.63, 3.8) is 0 Å². The largest absolute Gasteiger partial charge is 0.340 e. The molecule has 3 heterocycles. The van der Waals surface area contributed by atoms with Crippen LogP contribution < -0.4 is 0 Å². The lowest BCUT2D eigenvalue weighted by atomic mass is 9.85. The van der Waals surface area contributed by atoms with Gasteiger partial charge in [-0.15, -0.1) is 0 Å². The Morgan fingerprint density at radius 2 is 0.595 bits per heavy atom. The third-order valence-electron chi connectivity index (χ3n) is 17.7. The summed E-state index contributed by atoms with van der Waals surface area (Å²) in [4.78, 5) is 16.8. The molecule has 0 aliphatic carbocycles. The van der Waals surface area contributed by atoms with Crippen LogP contribution in [0.15, 0.2) is 188 Å². The zero-order chi connectivity index (χ0) is 59.0. The van der Waals surface area contributed by atoms with Gasteiger partial charge in [-0.25, -0.2) is 15.0 Å². The van der Waals surface area contributed by atoms with E-state index in [9.17, 15) is 0 Å². The maximum atomic E-state index is 5.72. The fraction of sp³-hybridized carbons (Fsp3) is 0.278. The molecule has 5 heteroatoms. The first-order chi connectivity index (χ1) is 40.0. The minimum absolute atomic E-state index is 0.00999. The van der Waals surface area contributed by atoms with E-state index in [2.05, 4.69) is 294 Å². The quantitative estimate of drug-likeness (QED) is 0.130. The van der Waals surface area contributed by atoms with Gasteiger partial charge in [0.25, 0.3) is 0 Å². The zero-order valence-electron chi connectivity index (χ0n) is 52.0. The third kappa shape index (κ3) is 10.6. The highest BCUT2D eigenvalue weighted by Crippen LogP contribution is 2.42. The van der Waals surface area contributed by atoms with Crippen LogP contribution in [0, 0.1) is 13.8 Å². The van der Waals surface area contributed by atoms with E-state index in [1.165, 1.54) is 110 Å². The number of rotatable bonds is 11. The Bertz CT molecular complexity index is 4070. The smallest absolute Gasteiger partial charge is 0.164 e. The van der Waals surface area contributed by atoms with Gasteiger partial charge in [-0.3, -0.25) is 0 Å². The molecule has 0 spiro atoms. The summed E-state index contributed by atoms with van der Waals surface area (Å²) in [5.74, 6) is 1.97. The molecular formula is C79H81N5. The van der Waals surface area contributed by atoms with E-state index in [-0.39, 0.29) is 21.7 Å². The summed E-state index contributed by atoms with van der Waals surface area (Å²) in [6.07, 6.45) is 1.48. The Kier molecular flexibility index (Phi) is 14.2. The topological polar surface area (TPSA) is 48.5 Å². The van der Waals surface area contributed by atoms with Gasteiger partial charge in [0.05, 0.1) is 0 Å². The van der Waals surface area contributed by atoms with Gasteiger partial charge >= 0.3 is 0 Å². The van der Waals surface area contributed by atoms with Gasteiger partial charge in [-0.2, -0.15) is 0 Å². The summed E-state index contributed by atoms with van der Waals surface area (Å²) in [5.41, 5.74) is 23.0. The molecule has 5 nitrogen and oxygen atoms in total. The highest BCUT2D eigenvalue weighted by atomic mass is 15.0. The lowest BCUT2D eigenvalue weighted by Crippen LogP contribution is -2.11. The Labute approximate surface area is 498 Å². The third-order valence-corrected chi connectivity index (χ3v) is 17.7. The first kappa shape index (κ1) is 56.1. The van der Waals surface area contributed by atoms with Crippen LogP contribution in [0.3, 0.4) is 0 Å². The standard InChI is InChI=1S/C79H81N5/c1-50-24-18-20-28-57(50)59-30-22-32-63(61(59)42-44-83-69-38-34-53(76(3,4)5)46-65(69)66-47-54(77(6,7)8)35-39-70(66)83)74-80-73(52-26-16-15-17-27-52)81-75(82-74)64-33-23-31-60(58-29-21-19-25-51(58)2)62(64)43-45-84-71-40-36-55(78(9,10)11)48-67(71)68-49-56(79(12,13)14)37-41-72(68)84/h15-41,46-49H,42-45H2,1-14H3. The Balaban J connectivity index is 1.05. The molecule has 84 heavy (non-hydrogen) atoms. The van der Waals surface area contributed by atoms with Gasteiger partial charge in [0.2, 0.25) is 0 Å². The molecule has 0 aliphatic heterocycles. The summed E-state index contributed by atoms with van der Waals surface area (Å²) in [5, 5.41) is 5.21. The maximum Gasteiger partial charge on any atom is 0.164 e. The molecule has 0 aliphatic rings. The average Bonchev–Trinajstić information content (AvgIpc) is 2.18. The van der Waals surface area contributed by atoms with E-state index in [1.807, 2.05) is 0 Å². The molecule has 0 unspecified atom stereocenters. The summed E-state index contributed by atoms with van der Waals surface area (Å²) in [6, 6.07) is 70.1. The molecule has 0 N–H and O–H groups in total. The maximum absolute atomic E-state index is 5.72. The predicted molar refractivity (Wildman–Crippen MR) is 358 cm³/mol. The Hall–Kier alpha value is -8.41. The minimum atomic E-state index is 0.00999. The predicted octanol–water partition coefficient (Wildman–Crippen LogP) is 20.7. The van der Waals surface area contributed by atoms with Crippen molar-refractivity contribution >= 4 is 43.6 Å². The summed E-state index contributed by atoms with van der Waals surface area (Å²) >= 11 is 0. The van der Waals surface area contributed by atoms with Crippen molar-refractivity contribution in [1.29, 1.82) is 0 Å². The van der Waals surface area contributed by atoms with Gasteiger partial charge in [0.1, 0.15) is 0 Å². The van der Waals surface area contributed by atoms with Crippen LogP contribution in [0.4, 0.5) is 0 Å².